The quantitative estimate of drug-likeness (QED) is 0.118. The van der Waals surface area contributed by atoms with Gasteiger partial charge in [0.2, 0.25) is 5.89 Å². The van der Waals surface area contributed by atoms with Crippen molar-refractivity contribution in [1.82, 2.24) is 4.98 Å². The van der Waals surface area contributed by atoms with Gasteiger partial charge >= 0.3 is 5.97 Å². The number of benzene rings is 3. The van der Waals surface area contributed by atoms with Crippen LogP contribution in [0.5, 0.6) is 11.5 Å². The molecule has 242 valence electrons. The first-order chi connectivity index (χ1) is 22.9. The Morgan fingerprint density at radius 2 is 1.83 bits per heavy atom. The Labute approximate surface area is 283 Å². The lowest BCUT2D eigenvalue weighted by Gasteiger charge is -2.26. The van der Waals surface area contributed by atoms with Crippen LogP contribution >= 0.6 is 15.9 Å². The number of ketones is 1. The fraction of sp³-hybridized carbons (Fsp3) is 0.359. The SMILES string of the molecule is O=C(CCc1cccc(OC2CC3CC32)c1)CC[C@@H](Cc1ccc(OCCc2nc(-c3ccccc3)oc2C2=CC2)c(Br)c1)C(=O)O. The van der Waals surface area contributed by atoms with E-state index in [0.29, 0.717) is 56.5 Å². The maximum absolute atomic E-state index is 12.7. The number of carboxylic acid groups (broad SMARTS) is 1. The summed E-state index contributed by atoms with van der Waals surface area (Å²) in [7, 11) is 0. The number of ether oxygens (including phenoxy) is 2. The molecule has 4 atom stereocenters. The number of aryl methyl sites for hydroxylation is 1. The normalized spacial score (nSPS) is 19.6. The summed E-state index contributed by atoms with van der Waals surface area (Å²) in [5, 5.41) is 9.91. The predicted molar refractivity (Wildman–Crippen MR) is 182 cm³/mol. The van der Waals surface area contributed by atoms with Crippen LogP contribution in [0.25, 0.3) is 17.0 Å². The number of hydrogen-bond donors (Lipinski definition) is 1. The largest absolute Gasteiger partial charge is 0.492 e. The maximum Gasteiger partial charge on any atom is 0.306 e. The fourth-order valence-electron chi connectivity index (χ4n) is 6.46. The van der Waals surface area contributed by atoms with Gasteiger partial charge in [0, 0.05) is 24.8 Å². The van der Waals surface area contributed by atoms with Crippen LogP contribution < -0.4 is 9.47 Å². The zero-order chi connectivity index (χ0) is 32.3. The molecule has 0 aliphatic heterocycles. The number of oxazole rings is 1. The first-order valence-corrected chi connectivity index (χ1v) is 17.3. The number of hydrogen-bond acceptors (Lipinski definition) is 6. The molecule has 1 heterocycles. The van der Waals surface area contributed by atoms with Gasteiger partial charge in [-0.2, -0.15) is 0 Å². The molecule has 0 saturated heterocycles. The molecule has 47 heavy (non-hydrogen) atoms. The topological polar surface area (TPSA) is 98.9 Å². The lowest BCUT2D eigenvalue weighted by atomic mass is 9.93. The molecule has 7 nitrogen and oxygen atoms in total. The maximum atomic E-state index is 12.7. The Balaban J connectivity index is 0.877. The van der Waals surface area contributed by atoms with Crippen LogP contribution in [0.3, 0.4) is 0 Å². The smallest absolute Gasteiger partial charge is 0.306 e. The second-order valence-corrected chi connectivity index (χ2v) is 13.8. The van der Waals surface area contributed by atoms with Crippen molar-refractivity contribution in [2.75, 3.05) is 6.61 Å². The van der Waals surface area contributed by atoms with Gasteiger partial charge < -0.3 is 19.0 Å². The van der Waals surface area contributed by atoms with Crippen molar-refractivity contribution in [2.45, 2.75) is 63.9 Å². The molecular formula is C39H38BrNO6. The number of carbonyl (C=O) groups is 2. The summed E-state index contributed by atoms with van der Waals surface area (Å²) in [5.74, 6) is 3.18. The molecule has 0 amide bonds. The van der Waals surface area contributed by atoms with Gasteiger partial charge in [-0.25, -0.2) is 4.98 Å². The van der Waals surface area contributed by atoms with Crippen LogP contribution in [-0.2, 0) is 28.9 Å². The average Bonchev–Trinajstić information content (AvgIpc) is 3.99. The number of Topliss-reactive ketones (excluding diaryl/α,β-unsaturated/α-hetero) is 1. The van der Waals surface area contributed by atoms with Crippen LogP contribution in [0.1, 0.15) is 61.1 Å². The van der Waals surface area contributed by atoms with Crippen LogP contribution in [0.4, 0.5) is 0 Å². The van der Waals surface area contributed by atoms with E-state index in [1.54, 1.807) is 0 Å². The van der Waals surface area contributed by atoms with Crippen molar-refractivity contribution in [1.29, 1.82) is 0 Å². The molecule has 1 aromatic heterocycles. The molecule has 0 spiro atoms. The van der Waals surface area contributed by atoms with Crippen LogP contribution in [0.15, 0.2) is 87.8 Å². The lowest BCUT2D eigenvalue weighted by Crippen LogP contribution is -2.28. The van der Waals surface area contributed by atoms with E-state index < -0.39 is 11.9 Å². The first kappa shape index (κ1) is 31.4. The van der Waals surface area contributed by atoms with Crippen molar-refractivity contribution >= 4 is 33.3 Å². The Morgan fingerprint density at radius 1 is 0.979 bits per heavy atom. The van der Waals surface area contributed by atoms with Gasteiger partial charge in [0.05, 0.1) is 22.7 Å². The monoisotopic (exact) mass is 695 g/mol. The van der Waals surface area contributed by atoms with Gasteiger partial charge in [-0.15, -0.1) is 0 Å². The Morgan fingerprint density at radius 3 is 2.55 bits per heavy atom. The van der Waals surface area contributed by atoms with Gasteiger partial charge in [-0.1, -0.05) is 42.5 Å². The number of halogens is 1. The third-order valence-corrected chi connectivity index (χ3v) is 10.1. The number of carboxylic acids is 1. The van der Waals surface area contributed by atoms with E-state index in [9.17, 15) is 14.7 Å². The van der Waals surface area contributed by atoms with Crippen LogP contribution in [-0.4, -0.2) is 34.6 Å². The number of rotatable bonds is 17. The van der Waals surface area contributed by atoms with E-state index in [0.717, 1.165) is 63.0 Å². The van der Waals surface area contributed by atoms with Crippen molar-refractivity contribution in [3.8, 4) is 23.0 Å². The number of aliphatic carboxylic acids is 1. The highest BCUT2D eigenvalue weighted by Crippen LogP contribution is 2.56. The van der Waals surface area contributed by atoms with E-state index >= 15 is 0 Å². The molecule has 0 bridgehead atoms. The predicted octanol–water partition coefficient (Wildman–Crippen LogP) is 8.53. The summed E-state index contributed by atoms with van der Waals surface area (Å²) in [6.45, 7) is 0.414. The molecule has 8 heteroatoms. The highest BCUT2D eigenvalue weighted by atomic mass is 79.9. The van der Waals surface area contributed by atoms with Gasteiger partial charge in [0.15, 0.2) is 5.76 Å². The average molecular weight is 697 g/mol. The van der Waals surface area contributed by atoms with Gasteiger partial charge in [0.25, 0.3) is 0 Å². The van der Waals surface area contributed by atoms with E-state index in [4.69, 9.17) is 18.9 Å². The number of aromatic nitrogens is 1. The summed E-state index contributed by atoms with van der Waals surface area (Å²) >= 11 is 3.60. The number of allylic oxidation sites excluding steroid dienone is 2. The molecule has 7 rings (SSSR count). The summed E-state index contributed by atoms with van der Waals surface area (Å²) in [4.78, 5) is 29.6. The highest BCUT2D eigenvalue weighted by Gasteiger charge is 2.55. The Hall–Kier alpha value is -4.17. The first-order valence-electron chi connectivity index (χ1n) is 16.6. The van der Waals surface area contributed by atoms with Gasteiger partial charge in [-0.05, 0) is 119 Å². The molecule has 1 N–H and O–H groups in total. The summed E-state index contributed by atoms with van der Waals surface area (Å²) in [6, 6.07) is 23.5. The number of nitrogens with zero attached hydrogens (tertiary/aromatic N) is 1. The minimum atomic E-state index is -0.892. The molecule has 3 unspecified atom stereocenters. The third kappa shape index (κ3) is 7.87. The van der Waals surface area contributed by atoms with Crippen LogP contribution in [0.2, 0.25) is 0 Å². The van der Waals surface area contributed by atoms with Gasteiger partial charge in [-0.3, -0.25) is 9.59 Å². The molecule has 2 saturated carbocycles. The standard InChI is InChI=1S/C39H38BrNO6/c40-33-21-25(10-16-35(33)45-18-17-34-37(26-11-12-26)47-38(41-34)27-6-2-1-3-7-27)19-28(39(43)44)13-15-30(42)14-9-24-5-4-8-31(20-24)46-36-23-29-22-32(29)36/h1-8,10-11,16,20-21,28-29,32,36H,9,12-15,17-19,22-23H2,(H,43,44)/t28-,29?,32?,36?/m0/s1. The highest BCUT2D eigenvalue weighted by molar-refractivity contribution is 9.10. The minimum absolute atomic E-state index is 0.0800. The zero-order valence-corrected chi connectivity index (χ0v) is 27.8. The molecule has 0 radical (unpaired) electrons. The summed E-state index contributed by atoms with van der Waals surface area (Å²) in [6.07, 6.45) is 8.35. The lowest BCUT2D eigenvalue weighted by molar-refractivity contribution is -0.142. The summed E-state index contributed by atoms with van der Waals surface area (Å²) in [5.41, 5.74) is 4.93. The number of fused-ring (bicyclic) bond motifs is 1. The molecule has 2 fully saturated rings. The van der Waals surface area contributed by atoms with Crippen molar-refractivity contribution in [3.05, 3.63) is 106 Å². The number of carbonyl (C=O) groups excluding carboxylic acids is 1. The minimum Gasteiger partial charge on any atom is -0.492 e. The second-order valence-electron chi connectivity index (χ2n) is 13.0. The van der Waals surface area contributed by atoms with E-state index in [2.05, 4.69) is 22.0 Å². The molecule has 4 aromatic rings. The van der Waals surface area contributed by atoms with Crippen LogP contribution in [0, 0.1) is 17.8 Å². The zero-order valence-electron chi connectivity index (χ0n) is 26.2. The molecule has 3 aliphatic carbocycles. The molecular weight excluding hydrogens is 658 g/mol. The van der Waals surface area contributed by atoms with Crippen molar-refractivity contribution < 1.29 is 28.6 Å². The summed E-state index contributed by atoms with van der Waals surface area (Å²) < 4.78 is 19.1. The third-order valence-electron chi connectivity index (χ3n) is 9.48. The van der Waals surface area contributed by atoms with Gasteiger partial charge in [0.1, 0.15) is 23.4 Å². The molecule has 3 aromatic carbocycles. The Bertz CT molecular complexity index is 1800. The molecule has 3 aliphatic rings. The Kier molecular flexibility index (Phi) is 9.30. The van der Waals surface area contributed by atoms with E-state index in [1.807, 2.05) is 72.8 Å². The fourth-order valence-corrected chi connectivity index (χ4v) is 7.00. The van der Waals surface area contributed by atoms with E-state index in [1.165, 1.54) is 12.0 Å². The van der Waals surface area contributed by atoms with Crippen molar-refractivity contribution in [2.24, 2.45) is 17.8 Å². The second kappa shape index (κ2) is 13.9. The van der Waals surface area contributed by atoms with E-state index in [-0.39, 0.29) is 12.2 Å². The van der Waals surface area contributed by atoms with Crippen molar-refractivity contribution in [3.63, 3.8) is 0 Å².